The van der Waals surface area contributed by atoms with E-state index in [2.05, 4.69) is 5.16 Å². The zero-order valence-corrected chi connectivity index (χ0v) is 11.5. The molecule has 0 aromatic carbocycles. The molecular weight excluding hydrogens is 281 g/mol. The molecule has 1 aliphatic rings. The van der Waals surface area contributed by atoms with Gasteiger partial charge in [0, 0.05) is 38.5 Å². The standard InChI is InChI=1S/C10H19F3N4OS/c1-8(9(14)15-18)17-4-2-16(3-5-17)6-7-19-10(11,12)13/h8,18H,2-7H2,1H3,(H2,14,15). The molecule has 0 radical (unpaired) electrons. The van der Waals surface area contributed by atoms with Crippen LogP contribution in [0.1, 0.15) is 6.92 Å². The average molecular weight is 300 g/mol. The molecule has 112 valence electrons. The fourth-order valence-corrected chi connectivity index (χ4v) is 2.52. The summed E-state index contributed by atoms with van der Waals surface area (Å²) in [6, 6.07) is -0.156. The largest absolute Gasteiger partial charge is 0.441 e. The molecule has 5 nitrogen and oxygen atoms in total. The van der Waals surface area contributed by atoms with E-state index in [-0.39, 0.29) is 29.4 Å². The fourth-order valence-electron chi connectivity index (χ4n) is 1.94. The maximum absolute atomic E-state index is 12.0. The summed E-state index contributed by atoms with van der Waals surface area (Å²) >= 11 is 0.0154. The number of alkyl halides is 3. The van der Waals surface area contributed by atoms with Crippen LogP contribution in [-0.4, -0.2) is 70.9 Å². The Balaban J connectivity index is 2.26. The Labute approximate surface area is 114 Å². The molecule has 1 heterocycles. The van der Waals surface area contributed by atoms with Crippen molar-refractivity contribution in [3.8, 4) is 0 Å². The van der Waals surface area contributed by atoms with E-state index in [1.54, 1.807) is 0 Å². The van der Waals surface area contributed by atoms with Gasteiger partial charge in [-0.05, 0) is 18.7 Å². The molecule has 3 N–H and O–H groups in total. The summed E-state index contributed by atoms with van der Waals surface area (Å²) < 4.78 is 36.0. The Kier molecular flexibility index (Phi) is 6.21. The highest BCUT2D eigenvalue weighted by molar-refractivity contribution is 8.00. The number of thioether (sulfide) groups is 1. The van der Waals surface area contributed by atoms with Crippen LogP contribution >= 0.6 is 11.8 Å². The van der Waals surface area contributed by atoms with Gasteiger partial charge in [0.15, 0.2) is 5.84 Å². The van der Waals surface area contributed by atoms with Crippen molar-refractivity contribution in [1.29, 1.82) is 0 Å². The predicted molar refractivity (Wildman–Crippen MR) is 69.4 cm³/mol. The van der Waals surface area contributed by atoms with E-state index >= 15 is 0 Å². The Morgan fingerprint density at radius 2 is 1.95 bits per heavy atom. The second kappa shape index (κ2) is 7.20. The molecule has 9 heteroatoms. The van der Waals surface area contributed by atoms with Crippen molar-refractivity contribution in [2.45, 2.75) is 18.5 Å². The molecule has 1 atom stereocenters. The Hall–Kier alpha value is -0.670. The van der Waals surface area contributed by atoms with Crippen molar-refractivity contribution >= 4 is 17.6 Å². The summed E-state index contributed by atoms with van der Waals surface area (Å²) in [4.78, 5) is 4.04. The maximum atomic E-state index is 12.0. The van der Waals surface area contributed by atoms with Gasteiger partial charge in [0.05, 0.1) is 6.04 Å². The van der Waals surface area contributed by atoms with Gasteiger partial charge in [-0.3, -0.25) is 9.80 Å². The van der Waals surface area contributed by atoms with Gasteiger partial charge in [-0.25, -0.2) is 0 Å². The first-order valence-corrected chi connectivity index (χ1v) is 6.96. The first-order chi connectivity index (χ1) is 8.83. The predicted octanol–water partition coefficient (Wildman–Crippen LogP) is 0.992. The topological polar surface area (TPSA) is 65.1 Å². The molecule has 1 rings (SSSR count). The van der Waals surface area contributed by atoms with Gasteiger partial charge >= 0.3 is 5.51 Å². The lowest BCUT2D eigenvalue weighted by Crippen LogP contribution is -2.53. The zero-order valence-electron chi connectivity index (χ0n) is 10.7. The number of rotatable bonds is 5. The van der Waals surface area contributed by atoms with Crippen LogP contribution in [0.25, 0.3) is 0 Å². The minimum atomic E-state index is -4.15. The van der Waals surface area contributed by atoms with Gasteiger partial charge in [-0.2, -0.15) is 13.2 Å². The highest BCUT2D eigenvalue weighted by atomic mass is 32.2. The minimum absolute atomic E-state index is 0.0154. The number of nitrogens with two attached hydrogens (primary N) is 1. The molecule has 1 unspecified atom stereocenters. The Bertz CT molecular complexity index is 306. The quantitative estimate of drug-likeness (QED) is 0.343. The van der Waals surface area contributed by atoms with Crippen molar-refractivity contribution in [3.63, 3.8) is 0 Å². The van der Waals surface area contributed by atoms with Crippen molar-refractivity contribution in [3.05, 3.63) is 0 Å². The molecule has 1 aliphatic heterocycles. The van der Waals surface area contributed by atoms with Crippen LogP contribution in [0.5, 0.6) is 0 Å². The van der Waals surface area contributed by atoms with E-state index in [0.29, 0.717) is 32.7 Å². The molecule has 0 aromatic rings. The van der Waals surface area contributed by atoms with E-state index in [0.717, 1.165) is 0 Å². The molecule has 0 amide bonds. The van der Waals surface area contributed by atoms with Crippen LogP contribution in [0.2, 0.25) is 0 Å². The van der Waals surface area contributed by atoms with Gasteiger partial charge in [0.1, 0.15) is 0 Å². The first-order valence-electron chi connectivity index (χ1n) is 5.98. The summed E-state index contributed by atoms with van der Waals surface area (Å²) in [7, 11) is 0. The van der Waals surface area contributed by atoms with E-state index in [1.807, 2.05) is 16.7 Å². The third-order valence-corrected chi connectivity index (χ3v) is 3.89. The molecule has 0 spiro atoms. The van der Waals surface area contributed by atoms with Crippen molar-refractivity contribution < 1.29 is 18.4 Å². The van der Waals surface area contributed by atoms with Crippen LogP contribution in [0.3, 0.4) is 0 Å². The molecule has 0 aliphatic carbocycles. The third kappa shape index (κ3) is 5.87. The number of hydrogen-bond acceptors (Lipinski definition) is 5. The van der Waals surface area contributed by atoms with Gasteiger partial charge in [0.2, 0.25) is 0 Å². The van der Waals surface area contributed by atoms with Crippen LogP contribution in [0, 0.1) is 0 Å². The molecule has 0 saturated carbocycles. The molecule has 19 heavy (non-hydrogen) atoms. The van der Waals surface area contributed by atoms with Gasteiger partial charge in [-0.15, -0.1) is 0 Å². The number of hydrogen-bond donors (Lipinski definition) is 2. The highest BCUT2D eigenvalue weighted by Crippen LogP contribution is 2.29. The maximum Gasteiger partial charge on any atom is 0.441 e. The summed E-state index contributed by atoms with van der Waals surface area (Å²) in [6.07, 6.45) is 0. The molecule has 1 saturated heterocycles. The summed E-state index contributed by atoms with van der Waals surface area (Å²) in [5.41, 5.74) is 1.38. The third-order valence-electron chi connectivity index (χ3n) is 3.17. The Morgan fingerprint density at radius 3 is 2.42 bits per heavy atom. The van der Waals surface area contributed by atoms with Crippen LogP contribution < -0.4 is 5.73 Å². The summed E-state index contributed by atoms with van der Waals surface area (Å²) in [6.45, 7) is 5.06. The van der Waals surface area contributed by atoms with E-state index < -0.39 is 5.51 Å². The second-order valence-electron chi connectivity index (χ2n) is 4.37. The van der Waals surface area contributed by atoms with Crippen molar-refractivity contribution in [2.75, 3.05) is 38.5 Å². The fraction of sp³-hybridized carbons (Fsp3) is 0.900. The normalized spacial score (nSPS) is 21.6. The van der Waals surface area contributed by atoms with E-state index in [1.165, 1.54) is 0 Å². The number of piperazine rings is 1. The SMILES string of the molecule is CC(C(N)=NO)N1CCN(CCSC(F)(F)F)CC1. The lowest BCUT2D eigenvalue weighted by atomic mass is 10.2. The van der Waals surface area contributed by atoms with Gasteiger partial charge in [0.25, 0.3) is 0 Å². The highest BCUT2D eigenvalue weighted by Gasteiger charge is 2.28. The number of nitrogens with zero attached hydrogens (tertiary/aromatic N) is 3. The molecule has 0 aromatic heterocycles. The summed E-state index contributed by atoms with van der Waals surface area (Å²) in [5, 5.41) is 11.6. The van der Waals surface area contributed by atoms with E-state index in [9.17, 15) is 13.2 Å². The second-order valence-corrected chi connectivity index (χ2v) is 5.53. The zero-order chi connectivity index (χ0) is 14.5. The van der Waals surface area contributed by atoms with Crippen LogP contribution in [0.4, 0.5) is 13.2 Å². The minimum Gasteiger partial charge on any atom is -0.409 e. The average Bonchev–Trinajstić information content (AvgIpc) is 2.36. The molecular formula is C10H19F3N4OS. The van der Waals surface area contributed by atoms with Crippen LogP contribution in [-0.2, 0) is 0 Å². The van der Waals surface area contributed by atoms with Crippen molar-refractivity contribution in [1.82, 2.24) is 9.80 Å². The van der Waals surface area contributed by atoms with Crippen LogP contribution in [0.15, 0.2) is 5.16 Å². The summed E-state index contributed by atoms with van der Waals surface area (Å²) in [5.74, 6) is 0.209. The number of amidine groups is 1. The molecule has 1 fully saturated rings. The monoisotopic (exact) mass is 300 g/mol. The van der Waals surface area contributed by atoms with E-state index in [4.69, 9.17) is 10.9 Å². The first kappa shape index (κ1) is 16.4. The lowest BCUT2D eigenvalue weighted by molar-refractivity contribution is -0.0329. The van der Waals surface area contributed by atoms with Gasteiger partial charge < -0.3 is 10.9 Å². The Morgan fingerprint density at radius 1 is 1.37 bits per heavy atom. The van der Waals surface area contributed by atoms with Gasteiger partial charge in [-0.1, -0.05) is 5.16 Å². The number of oxime groups is 1. The lowest BCUT2D eigenvalue weighted by Gasteiger charge is -2.37. The smallest absolute Gasteiger partial charge is 0.409 e. The number of halogens is 3. The molecule has 0 bridgehead atoms. The van der Waals surface area contributed by atoms with Crippen molar-refractivity contribution in [2.24, 2.45) is 10.9 Å².